The number of hydrogen-bond acceptors (Lipinski definition) is 3. The Balaban J connectivity index is 1.48. The molecule has 3 rings (SSSR count). The Kier molecular flexibility index (Phi) is 6.08. The zero-order chi connectivity index (χ0) is 17.6. The van der Waals surface area contributed by atoms with Crippen LogP contribution >= 0.6 is 0 Å². The number of carbonyl (C=O) groups excluding carboxylic acids is 2. The first-order valence-electron chi connectivity index (χ1n) is 9.55. The summed E-state index contributed by atoms with van der Waals surface area (Å²) in [5, 5.41) is 3.17. The summed E-state index contributed by atoms with van der Waals surface area (Å²) in [7, 11) is 0. The maximum Gasteiger partial charge on any atom is 0.251 e. The average Bonchev–Trinajstić information content (AvgIpc) is 3.02. The van der Waals surface area contributed by atoms with E-state index in [1.54, 1.807) is 0 Å². The highest BCUT2D eigenvalue weighted by Gasteiger charge is 2.21. The minimum atomic E-state index is 0.0118. The molecule has 1 N–H and O–H groups in total. The van der Waals surface area contributed by atoms with Crippen molar-refractivity contribution in [2.75, 3.05) is 26.2 Å². The van der Waals surface area contributed by atoms with E-state index in [0.29, 0.717) is 18.5 Å². The van der Waals surface area contributed by atoms with Crippen molar-refractivity contribution in [2.24, 2.45) is 0 Å². The molecule has 0 bridgehead atoms. The molecule has 0 atom stereocenters. The Hall–Kier alpha value is -1.88. The fourth-order valence-electron chi connectivity index (χ4n) is 3.74. The van der Waals surface area contributed by atoms with Gasteiger partial charge in [0.2, 0.25) is 5.91 Å². The largest absolute Gasteiger partial charge is 0.349 e. The normalized spacial score (nSPS) is 19.4. The Bertz CT molecular complexity index is 591. The lowest BCUT2D eigenvalue weighted by molar-refractivity contribution is -0.128. The predicted molar refractivity (Wildman–Crippen MR) is 98.3 cm³/mol. The van der Waals surface area contributed by atoms with E-state index in [-0.39, 0.29) is 17.9 Å². The molecule has 2 aliphatic rings. The van der Waals surface area contributed by atoms with Gasteiger partial charge in [-0.15, -0.1) is 0 Å². The number of amides is 2. The summed E-state index contributed by atoms with van der Waals surface area (Å²) in [5.41, 5.74) is 1.78. The molecule has 136 valence electrons. The van der Waals surface area contributed by atoms with Crippen molar-refractivity contribution in [3.8, 4) is 0 Å². The number of carbonyl (C=O) groups is 2. The van der Waals surface area contributed by atoms with Crippen molar-refractivity contribution in [2.45, 2.75) is 51.6 Å². The van der Waals surface area contributed by atoms with Gasteiger partial charge in [0, 0.05) is 44.2 Å². The topological polar surface area (TPSA) is 52.7 Å². The number of nitrogens with zero attached hydrogens (tertiary/aromatic N) is 2. The number of hydrogen-bond donors (Lipinski definition) is 1. The van der Waals surface area contributed by atoms with Crippen LogP contribution in [0.1, 0.15) is 54.9 Å². The molecule has 2 saturated heterocycles. The summed E-state index contributed by atoms with van der Waals surface area (Å²) in [6, 6.07) is 7.95. The maximum atomic E-state index is 12.4. The van der Waals surface area contributed by atoms with Gasteiger partial charge >= 0.3 is 0 Å². The van der Waals surface area contributed by atoms with E-state index in [1.807, 2.05) is 29.2 Å². The van der Waals surface area contributed by atoms with Crippen LogP contribution in [-0.2, 0) is 11.3 Å². The summed E-state index contributed by atoms with van der Waals surface area (Å²) in [4.78, 5) is 28.5. The number of likely N-dealkylation sites (tertiary alicyclic amines) is 2. The first kappa shape index (κ1) is 17.9. The van der Waals surface area contributed by atoms with Gasteiger partial charge in [-0.3, -0.25) is 9.59 Å². The second-order valence-corrected chi connectivity index (χ2v) is 7.21. The lowest BCUT2D eigenvalue weighted by Crippen LogP contribution is -2.44. The molecule has 0 aromatic heterocycles. The quantitative estimate of drug-likeness (QED) is 0.863. The molecule has 5 heteroatoms. The molecule has 0 unspecified atom stereocenters. The molecular weight excluding hydrogens is 314 g/mol. The van der Waals surface area contributed by atoms with Crippen LogP contribution in [0, 0.1) is 0 Å². The first-order valence-corrected chi connectivity index (χ1v) is 9.55. The van der Waals surface area contributed by atoms with Gasteiger partial charge in [-0.2, -0.15) is 0 Å². The third-order valence-corrected chi connectivity index (χ3v) is 5.22. The average molecular weight is 343 g/mol. The fourth-order valence-corrected chi connectivity index (χ4v) is 3.74. The molecule has 1 aromatic carbocycles. The van der Waals surface area contributed by atoms with Crippen molar-refractivity contribution in [3.63, 3.8) is 0 Å². The predicted octanol–water partition coefficient (Wildman–Crippen LogP) is 2.41. The van der Waals surface area contributed by atoms with Crippen LogP contribution in [-0.4, -0.2) is 53.8 Å². The van der Waals surface area contributed by atoms with Gasteiger partial charge in [-0.25, -0.2) is 0 Å². The van der Waals surface area contributed by atoms with E-state index >= 15 is 0 Å². The van der Waals surface area contributed by atoms with Crippen molar-refractivity contribution >= 4 is 11.8 Å². The number of nitrogens with one attached hydrogen (secondary N) is 1. The van der Waals surface area contributed by atoms with Gasteiger partial charge in [0.15, 0.2) is 0 Å². The van der Waals surface area contributed by atoms with E-state index in [1.165, 1.54) is 6.42 Å². The summed E-state index contributed by atoms with van der Waals surface area (Å²) in [6.45, 7) is 7.00. The van der Waals surface area contributed by atoms with Gasteiger partial charge in [0.25, 0.3) is 5.91 Å². The van der Waals surface area contributed by atoms with Gasteiger partial charge in [-0.1, -0.05) is 19.1 Å². The lowest BCUT2D eigenvalue weighted by Gasteiger charge is -2.32. The highest BCUT2D eigenvalue weighted by molar-refractivity contribution is 5.94. The van der Waals surface area contributed by atoms with Gasteiger partial charge in [0.05, 0.1) is 0 Å². The van der Waals surface area contributed by atoms with Crippen LogP contribution in [0.3, 0.4) is 0 Å². The second kappa shape index (κ2) is 8.48. The van der Waals surface area contributed by atoms with E-state index in [4.69, 9.17) is 0 Å². The summed E-state index contributed by atoms with van der Waals surface area (Å²) < 4.78 is 0. The fraction of sp³-hybridized carbons (Fsp3) is 0.600. The van der Waals surface area contributed by atoms with Crippen LogP contribution in [0.2, 0.25) is 0 Å². The highest BCUT2D eigenvalue weighted by Crippen LogP contribution is 2.15. The number of piperidine rings is 1. The van der Waals surface area contributed by atoms with E-state index in [2.05, 4.69) is 17.1 Å². The molecule has 0 aliphatic carbocycles. The van der Waals surface area contributed by atoms with E-state index in [0.717, 1.165) is 51.0 Å². The van der Waals surface area contributed by atoms with Crippen molar-refractivity contribution in [1.82, 2.24) is 15.1 Å². The SMILES string of the molecule is CCCN1CCC(NC(=O)c2ccc(CN3CCCC3=O)cc2)CC1. The Morgan fingerprint density at radius 3 is 2.48 bits per heavy atom. The molecule has 2 fully saturated rings. The Morgan fingerprint density at radius 2 is 1.88 bits per heavy atom. The Morgan fingerprint density at radius 1 is 1.16 bits per heavy atom. The number of benzene rings is 1. The minimum Gasteiger partial charge on any atom is -0.349 e. The van der Waals surface area contributed by atoms with Crippen LogP contribution in [0.15, 0.2) is 24.3 Å². The standard InChI is InChI=1S/C20H29N3O2/c1-2-11-22-13-9-18(10-14-22)21-20(25)17-7-5-16(6-8-17)15-23-12-3-4-19(23)24/h5-8,18H,2-4,9-15H2,1H3,(H,21,25). The summed E-state index contributed by atoms with van der Waals surface area (Å²) in [5.74, 6) is 0.244. The van der Waals surface area contributed by atoms with Crippen LogP contribution < -0.4 is 5.32 Å². The van der Waals surface area contributed by atoms with E-state index < -0.39 is 0 Å². The zero-order valence-electron chi connectivity index (χ0n) is 15.2. The van der Waals surface area contributed by atoms with Crippen LogP contribution in [0.25, 0.3) is 0 Å². The van der Waals surface area contributed by atoms with Crippen molar-refractivity contribution in [1.29, 1.82) is 0 Å². The monoisotopic (exact) mass is 343 g/mol. The zero-order valence-corrected chi connectivity index (χ0v) is 15.2. The maximum absolute atomic E-state index is 12.4. The summed E-state index contributed by atoms with van der Waals surface area (Å²) in [6.07, 6.45) is 4.86. The Labute approximate surface area is 150 Å². The highest BCUT2D eigenvalue weighted by atomic mass is 16.2. The molecule has 2 heterocycles. The molecular formula is C20H29N3O2. The van der Waals surface area contributed by atoms with Crippen molar-refractivity contribution in [3.05, 3.63) is 35.4 Å². The first-order chi connectivity index (χ1) is 12.2. The van der Waals surface area contributed by atoms with Crippen LogP contribution in [0.4, 0.5) is 0 Å². The molecule has 5 nitrogen and oxygen atoms in total. The minimum absolute atomic E-state index is 0.0118. The molecule has 25 heavy (non-hydrogen) atoms. The third kappa shape index (κ3) is 4.82. The van der Waals surface area contributed by atoms with E-state index in [9.17, 15) is 9.59 Å². The smallest absolute Gasteiger partial charge is 0.251 e. The van der Waals surface area contributed by atoms with Gasteiger partial charge in [0.1, 0.15) is 0 Å². The molecule has 1 aromatic rings. The third-order valence-electron chi connectivity index (χ3n) is 5.22. The van der Waals surface area contributed by atoms with Gasteiger partial charge < -0.3 is 15.1 Å². The summed E-state index contributed by atoms with van der Waals surface area (Å²) >= 11 is 0. The molecule has 0 spiro atoms. The molecule has 2 amide bonds. The van der Waals surface area contributed by atoms with Crippen molar-refractivity contribution < 1.29 is 9.59 Å². The molecule has 0 radical (unpaired) electrons. The molecule has 0 saturated carbocycles. The number of rotatable bonds is 6. The lowest BCUT2D eigenvalue weighted by atomic mass is 10.0. The molecule has 2 aliphatic heterocycles. The van der Waals surface area contributed by atoms with Crippen LogP contribution in [0.5, 0.6) is 0 Å². The second-order valence-electron chi connectivity index (χ2n) is 7.21. The van der Waals surface area contributed by atoms with Gasteiger partial charge in [-0.05, 0) is 49.9 Å².